The molecule has 1 aromatic rings. The molecule has 0 heterocycles. The molecule has 0 bridgehead atoms. The molecule has 0 aromatic heterocycles. The largest absolute Gasteiger partial charge is 0.319 e. The average Bonchev–Trinajstić information content (AvgIpc) is 2.64. The third-order valence-corrected chi connectivity index (χ3v) is 6.95. The van der Waals surface area contributed by atoms with E-state index >= 15 is 0 Å². The Morgan fingerprint density at radius 2 is 1.67 bits per heavy atom. The maximum atomic E-state index is 3.85. The van der Waals surface area contributed by atoms with Crippen LogP contribution in [-0.4, -0.2) is 13.6 Å². The fourth-order valence-electron chi connectivity index (χ4n) is 5.25. The molecule has 1 aromatic carbocycles. The number of hydrogen-bond acceptors (Lipinski definition) is 1. The molecule has 0 saturated heterocycles. The molecular formula is C23H35N. The minimum Gasteiger partial charge on any atom is -0.319 e. The fourth-order valence-corrected chi connectivity index (χ4v) is 5.25. The summed E-state index contributed by atoms with van der Waals surface area (Å²) in [7, 11) is 2.11. The van der Waals surface area contributed by atoms with E-state index in [2.05, 4.69) is 50.1 Å². The standard InChI is InChI=1S/C23H35N/c1-4-18-6-9-19(10-7-18)20-11-13-21(14-12-20)22-8-5-17(2)23(15-22)16-24-3/h4,6-7,9-10,17,20-24H,1,5,8,11-16H2,2-3H3. The van der Waals surface area contributed by atoms with Gasteiger partial charge in [0.15, 0.2) is 0 Å². The number of rotatable bonds is 5. The van der Waals surface area contributed by atoms with Gasteiger partial charge in [-0.2, -0.15) is 0 Å². The molecule has 1 N–H and O–H groups in total. The van der Waals surface area contributed by atoms with Gasteiger partial charge in [-0.25, -0.2) is 0 Å². The van der Waals surface area contributed by atoms with Crippen LogP contribution in [0.4, 0.5) is 0 Å². The molecule has 0 aliphatic heterocycles. The lowest BCUT2D eigenvalue weighted by molar-refractivity contribution is 0.118. The lowest BCUT2D eigenvalue weighted by Gasteiger charge is -2.41. The zero-order valence-corrected chi connectivity index (χ0v) is 15.6. The van der Waals surface area contributed by atoms with E-state index in [1.165, 1.54) is 57.1 Å². The van der Waals surface area contributed by atoms with Crippen molar-refractivity contribution >= 4 is 6.08 Å². The third-order valence-electron chi connectivity index (χ3n) is 6.95. The summed E-state index contributed by atoms with van der Waals surface area (Å²) >= 11 is 0. The van der Waals surface area contributed by atoms with Crippen molar-refractivity contribution in [2.75, 3.05) is 13.6 Å². The molecule has 2 aliphatic carbocycles. The normalized spacial score (nSPS) is 34.0. The SMILES string of the molecule is C=Cc1ccc(C2CCC(C3CCC(C)C(CNC)C3)CC2)cc1. The van der Waals surface area contributed by atoms with Crippen molar-refractivity contribution in [3.8, 4) is 0 Å². The van der Waals surface area contributed by atoms with Crippen LogP contribution in [0.2, 0.25) is 0 Å². The Balaban J connectivity index is 1.53. The number of benzene rings is 1. The zero-order chi connectivity index (χ0) is 16.9. The molecule has 0 spiro atoms. The molecule has 1 nitrogen and oxygen atoms in total. The van der Waals surface area contributed by atoms with Crippen molar-refractivity contribution in [1.82, 2.24) is 5.32 Å². The van der Waals surface area contributed by atoms with Crippen molar-refractivity contribution < 1.29 is 0 Å². The molecule has 2 fully saturated rings. The van der Waals surface area contributed by atoms with Crippen LogP contribution in [0.3, 0.4) is 0 Å². The van der Waals surface area contributed by atoms with Crippen LogP contribution in [0.15, 0.2) is 30.8 Å². The highest BCUT2D eigenvalue weighted by atomic mass is 14.8. The van der Waals surface area contributed by atoms with Crippen LogP contribution in [0, 0.1) is 23.7 Å². The lowest BCUT2D eigenvalue weighted by atomic mass is 9.65. The van der Waals surface area contributed by atoms with E-state index in [9.17, 15) is 0 Å². The summed E-state index contributed by atoms with van der Waals surface area (Å²) in [5.41, 5.74) is 2.78. The summed E-state index contributed by atoms with van der Waals surface area (Å²) in [4.78, 5) is 0. The van der Waals surface area contributed by atoms with Gasteiger partial charge in [0.05, 0.1) is 0 Å². The molecule has 3 unspecified atom stereocenters. The highest BCUT2D eigenvalue weighted by Gasteiger charge is 2.34. The van der Waals surface area contributed by atoms with E-state index in [-0.39, 0.29) is 0 Å². The Morgan fingerprint density at radius 3 is 2.29 bits per heavy atom. The maximum Gasteiger partial charge on any atom is -0.00209 e. The van der Waals surface area contributed by atoms with Crippen LogP contribution in [0.5, 0.6) is 0 Å². The molecule has 132 valence electrons. The summed E-state index contributed by atoms with van der Waals surface area (Å²) in [6.45, 7) is 7.53. The van der Waals surface area contributed by atoms with Gasteiger partial charge in [-0.15, -0.1) is 0 Å². The first-order chi connectivity index (χ1) is 11.7. The molecule has 3 rings (SSSR count). The Hall–Kier alpha value is -1.08. The van der Waals surface area contributed by atoms with Crippen LogP contribution in [-0.2, 0) is 0 Å². The second kappa shape index (κ2) is 8.34. The van der Waals surface area contributed by atoms with Gasteiger partial charge < -0.3 is 5.32 Å². The summed E-state index contributed by atoms with van der Waals surface area (Å²) in [6, 6.07) is 9.10. The monoisotopic (exact) mass is 325 g/mol. The summed E-state index contributed by atoms with van der Waals surface area (Å²) in [5.74, 6) is 4.58. The molecule has 3 atom stereocenters. The summed E-state index contributed by atoms with van der Waals surface area (Å²) < 4.78 is 0. The average molecular weight is 326 g/mol. The predicted octanol–water partition coefficient (Wildman–Crippen LogP) is 5.88. The zero-order valence-electron chi connectivity index (χ0n) is 15.6. The molecular weight excluding hydrogens is 290 g/mol. The van der Waals surface area contributed by atoms with Gasteiger partial charge in [0.25, 0.3) is 0 Å². The molecule has 0 radical (unpaired) electrons. The van der Waals surface area contributed by atoms with Crippen LogP contribution >= 0.6 is 0 Å². The van der Waals surface area contributed by atoms with E-state index in [1.807, 2.05) is 6.08 Å². The first-order valence-corrected chi connectivity index (χ1v) is 10.1. The summed E-state index contributed by atoms with van der Waals surface area (Å²) in [6.07, 6.45) is 12.0. The Labute approximate surface area is 148 Å². The maximum absolute atomic E-state index is 3.85. The first-order valence-electron chi connectivity index (χ1n) is 10.1. The third kappa shape index (κ3) is 4.11. The highest BCUT2D eigenvalue weighted by Crippen LogP contribution is 2.45. The van der Waals surface area contributed by atoms with Crippen LogP contribution in [0.25, 0.3) is 6.08 Å². The molecule has 0 amide bonds. The first kappa shape index (κ1) is 17.7. The topological polar surface area (TPSA) is 12.0 Å². The number of hydrogen-bond donors (Lipinski definition) is 1. The van der Waals surface area contributed by atoms with Crippen molar-refractivity contribution in [2.24, 2.45) is 23.7 Å². The van der Waals surface area contributed by atoms with Crippen molar-refractivity contribution in [2.45, 2.75) is 57.8 Å². The second-order valence-electron chi connectivity index (χ2n) is 8.35. The van der Waals surface area contributed by atoms with Crippen molar-refractivity contribution in [3.63, 3.8) is 0 Å². The van der Waals surface area contributed by atoms with Gasteiger partial charge >= 0.3 is 0 Å². The fraction of sp³-hybridized carbons (Fsp3) is 0.652. The van der Waals surface area contributed by atoms with Gasteiger partial charge in [0.1, 0.15) is 0 Å². The van der Waals surface area contributed by atoms with Gasteiger partial charge in [0, 0.05) is 0 Å². The predicted molar refractivity (Wildman–Crippen MR) is 105 cm³/mol. The second-order valence-corrected chi connectivity index (χ2v) is 8.35. The Kier molecular flexibility index (Phi) is 6.16. The van der Waals surface area contributed by atoms with Crippen LogP contribution in [0.1, 0.15) is 68.9 Å². The van der Waals surface area contributed by atoms with E-state index in [4.69, 9.17) is 0 Å². The van der Waals surface area contributed by atoms with Gasteiger partial charge in [-0.3, -0.25) is 0 Å². The molecule has 24 heavy (non-hydrogen) atoms. The Morgan fingerprint density at radius 1 is 1.00 bits per heavy atom. The smallest absolute Gasteiger partial charge is 0.00209 e. The number of nitrogens with one attached hydrogen (secondary N) is 1. The minimum atomic E-state index is 0.788. The van der Waals surface area contributed by atoms with E-state index in [1.54, 1.807) is 5.56 Å². The van der Waals surface area contributed by atoms with E-state index < -0.39 is 0 Å². The molecule has 2 aliphatic rings. The van der Waals surface area contributed by atoms with Gasteiger partial charge in [0.2, 0.25) is 0 Å². The van der Waals surface area contributed by atoms with Gasteiger partial charge in [-0.05, 0) is 92.8 Å². The van der Waals surface area contributed by atoms with E-state index in [0.717, 1.165) is 29.6 Å². The van der Waals surface area contributed by atoms with E-state index in [0.29, 0.717) is 0 Å². The molecule has 1 heteroatoms. The van der Waals surface area contributed by atoms with Crippen LogP contribution < -0.4 is 5.32 Å². The quantitative estimate of drug-likeness (QED) is 0.713. The van der Waals surface area contributed by atoms with Gasteiger partial charge in [-0.1, -0.05) is 50.3 Å². The summed E-state index contributed by atoms with van der Waals surface area (Å²) in [5, 5.41) is 3.42. The van der Waals surface area contributed by atoms with Crippen molar-refractivity contribution in [1.29, 1.82) is 0 Å². The molecule has 2 saturated carbocycles. The Bertz CT molecular complexity index is 509. The highest BCUT2D eigenvalue weighted by molar-refractivity contribution is 5.47. The lowest BCUT2D eigenvalue weighted by Crippen LogP contribution is -2.34. The minimum absolute atomic E-state index is 0.788. The van der Waals surface area contributed by atoms with Crippen molar-refractivity contribution in [3.05, 3.63) is 42.0 Å².